The molecule has 1 rings (SSSR count). The Morgan fingerprint density at radius 2 is 2.04 bits per heavy atom. The van der Waals surface area contributed by atoms with E-state index in [1.165, 1.54) is 13.0 Å². The fourth-order valence-electron chi connectivity index (χ4n) is 1.57. The Morgan fingerprint density at radius 1 is 1.33 bits per heavy atom. The lowest BCUT2D eigenvalue weighted by atomic mass is 10.2. The van der Waals surface area contributed by atoms with Crippen molar-refractivity contribution < 1.29 is 33.2 Å². The summed E-state index contributed by atoms with van der Waals surface area (Å²) in [5.41, 5.74) is 3.26. The van der Waals surface area contributed by atoms with Gasteiger partial charge in [0.1, 0.15) is 5.75 Å². The number of carbonyl (C=O) groups excluding carboxylic acids is 2. The van der Waals surface area contributed by atoms with Crippen LogP contribution >= 0.6 is 7.82 Å². The van der Waals surface area contributed by atoms with Gasteiger partial charge in [-0.05, 0) is 18.6 Å². The van der Waals surface area contributed by atoms with E-state index in [4.69, 9.17) is 14.5 Å². The Balaban J connectivity index is 2.48. The molecule has 130 valence electrons. The second kappa shape index (κ2) is 9.82. The zero-order valence-electron chi connectivity index (χ0n) is 13.0. The molecule has 0 fully saturated rings. The Hall–Kier alpha value is -2.21. The summed E-state index contributed by atoms with van der Waals surface area (Å²) in [6.45, 7) is 1.32. The Labute approximate surface area is 139 Å². The number of phosphoric acid groups is 1. The van der Waals surface area contributed by atoms with Gasteiger partial charge in [0.2, 0.25) is 0 Å². The van der Waals surface area contributed by atoms with Crippen molar-refractivity contribution in [3.8, 4) is 5.75 Å². The van der Waals surface area contributed by atoms with Gasteiger partial charge in [-0.25, -0.2) is 4.57 Å². The van der Waals surface area contributed by atoms with Crippen molar-refractivity contribution in [3.05, 3.63) is 41.6 Å². The van der Waals surface area contributed by atoms with Gasteiger partial charge in [0.25, 0.3) is 5.91 Å². The molecule has 0 bridgehead atoms. The van der Waals surface area contributed by atoms with Crippen molar-refractivity contribution in [2.45, 2.75) is 13.3 Å². The van der Waals surface area contributed by atoms with E-state index in [2.05, 4.69) is 15.6 Å². The summed E-state index contributed by atoms with van der Waals surface area (Å²) in [6, 6.07) is 6.79. The van der Waals surface area contributed by atoms with Gasteiger partial charge in [-0.3, -0.25) is 14.1 Å². The average molecular weight is 355 g/mol. The minimum atomic E-state index is -4.47. The van der Waals surface area contributed by atoms with Crippen LogP contribution in [0.2, 0.25) is 0 Å². The second-order valence-electron chi connectivity index (χ2n) is 4.56. The number of rotatable bonds is 8. The molecule has 1 amide bonds. The van der Waals surface area contributed by atoms with E-state index in [0.29, 0.717) is 11.3 Å². The summed E-state index contributed by atoms with van der Waals surface area (Å²) < 4.78 is 19.7. The number of esters is 1. The van der Waals surface area contributed by atoms with Crippen LogP contribution in [0.4, 0.5) is 0 Å². The molecule has 9 heteroatoms. The lowest BCUT2D eigenvalue weighted by Gasteiger charge is -2.05. The van der Waals surface area contributed by atoms with Crippen LogP contribution < -0.4 is 10.1 Å². The van der Waals surface area contributed by atoms with Gasteiger partial charge in [0.15, 0.2) is 0 Å². The molecule has 0 aliphatic heterocycles. The summed E-state index contributed by atoms with van der Waals surface area (Å²) >= 11 is 0. The summed E-state index contributed by atoms with van der Waals surface area (Å²) in [7, 11) is -4.47. The van der Waals surface area contributed by atoms with E-state index in [1.807, 2.05) is 0 Å². The molecule has 0 saturated carbocycles. The summed E-state index contributed by atoms with van der Waals surface area (Å²) in [5.74, 6) is -0.511. The number of hydrogen-bond donors (Lipinski definition) is 3. The zero-order valence-corrected chi connectivity index (χ0v) is 13.9. The number of amides is 1. The standard InChI is InChI=1S/C15H18NO7P/c1-12(17)23-14-8-3-2-6-13(14)7-4-9-15(18)16-10-5-11-22-24(19,20)21/h2-3,6-9H,5,10-11H2,1H3,(H,16,18)(H2,19,20,21). The van der Waals surface area contributed by atoms with Crippen LogP contribution in [0.15, 0.2) is 36.1 Å². The van der Waals surface area contributed by atoms with E-state index in [1.54, 1.807) is 24.3 Å². The van der Waals surface area contributed by atoms with E-state index >= 15 is 0 Å². The molecule has 0 aromatic heterocycles. The van der Waals surface area contributed by atoms with Gasteiger partial charge >= 0.3 is 13.8 Å². The van der Waals surface area contributed by atoms with E-state index in [0.717, 1.165) is 6.08 Å². The van der Waals surface area contributed by atoms with Crippen molar-refractivity contribution in [2.24, 2.45) is 0 Å². The lowest BCUT2D eigenvalue weighted by molar-refractivity contribution is -0.131. The molecule has 0 unspecified atom stereocenters. The third-order valence-electron chi connectivity index (χ3n) is 2.51. The number of para-hydroxylation sites is 1. The number of carbonyl (C=O) groups is 2. The van der Waals surface area contributed by atoms with E-state index in [-0.39, 0.29) is 19.6 Å². The molecule has 0 spiro atoms. The molecule has 3 N–H and O–H groups in total. The van der Waals surface area contributed by atoms with Crippen LogP contribution in [-0.4, -0.2) is 34.8 Å². The topological polar surface area (TPSA) is 122 Å². The predicted octanol–water partition coefficient (Wildman–Crippen LogP) is 1.40. The van der Waals surface area contributed by atoms with Crippen molar-refractivity contribution >= 4 is 25.8 Å². The van der Waals surface area contributed by atoms with Crippen molar-refractivity contribution in [1.82, 2.24) is 5.32 Å². The van der Waals surface area contributed by atoms with Gasteiger partial charge < -0.3 is 19.8 Å². The maximum absolute atomic E-state index is 11.5. The molecule has 0 aliphatic carbocycles. The first kappa shape index (κ1) is 19.8. The average Bonchev–Trinajstić information content (AvgIpc) is 2.47. The molecule has 0 radical (unpaired) electrons. The van der Waals surface area contributed by atoms with Crippen LogP contribution in [0.5, 0.6) is 5.75 Å². The number of hydrogen-bond acceptors (Lipinski definition) is 5. The van der Waals surface area contributed by atoms with E-state index < -0.39 is 19.7 Å². The maximum atomic E-state index is 11.5. The third-order valence-corrected chi connectivity index (χ3v) is 3.02. The summed E-state index contributed by atoms with van der Waals surface area (Å²) in [4.78, 5) is 39.5. The highest BCUT2D eigenvalue weighted by Crippen LogP contribution is 2.35. The first-order valence-electron chi connectivity index (χ1n) is 6.96. The van der Waals surface area contributed by atoms with Crippen LogP contribution in [0, 0.1) is 0 Å². The number of nitrogens with one attached hydrogen (secondary N) is 1. The normalized spacial score (nSPS) is 10.5. The lowest BCUT2D eigenvalue weighted by Crippen LogP contribution is -2.22. The molecule has 1 aromatic rings. The highest BCUT2D eigenvalue weighted by molar-refractivity contribution is 7.46. The molecule has 24 heavy (non-hydrogen) atoms. The Kier molecular flexibility index (Phi) is 8.12. The number of ether oxygens (including phenoxy) is 1. The molecule has 8 nitrogen and oxygen atoms in total. The molecule has 0 heterocycles. The molecular formula is C15H18NO7P. The van der Waals surface area contributed by atoms with Crippen molar-refractivity contribution in [1.29, 1.82) is 0 Å². The van der Waals surface area contributed by atoms with Gasteiger partial charge in [-0.2, -0.15) is 0 Å². The SMILES string of the molecule is CC(=O)Oc1ccccc1C=C=CC(=O)NCCCOP(=O)(O)O. The highest BCUT2D eigenvalue weighted by Gasteiger charge is 2.12. The Bertz CT molecular complexity index is 689. The molecule has 0 saturated heterocycles. The highest BCUT2D eigenvalue weighted by atomic mass is 31.2. The zero-order chi connectivity index (χ0) is 18.0. The van der Waals surface area contributed by atoms with Gasteiger partial charge in [0, 0.05) is 25.1 Å². The second-order valence-corrected chi connectivity index (χ2v) is 5.79. The monoisotopic (exact) mass is 355 g/mol. The van der Waals surface area contributed by atoms with Crippen molar-refractivity contribution in [3.63, 3.8) is 0 Å². The molecule has 1 aromatic carbocycles. The van der Waals surface area contributed by atoms with Gasteiger partial charge in [-0.1, -0.05) is 18.2 Å². The minimum Gasteiger partial charge on any atom is -0.426 e. The number of benzene rings is 1. The fraction of sp³-hybridized carbons (Fsp3) is 0.267. The van der Waals surface area contributed by atoms with Crippen LogP contribution in [0.25, 0.3) is 6.08 Å². The van der Waals surface area contributed by atoms with Gasteiger partial charge in [-0.15, -0.1) is 5.73 Å². The number of phosphoric ester groups is 1. The van der Waals surface area contributed by atoms with Crippen LogP contribution in [-0.2, 0) is 18.7 Å². The van der Waals surface area contributed by atoms with Crippen molar-refractivity contribution in [2.75, 3.05) is 13.2 Å². The van der Waals surface area contributed by atoms with Gasteiger partial charge in [0.05, 0.1) is 6.61 Å². The summed E-state index contributed by atoms with van der Waals surface area (Å²) in [6.07, 6.45) is 2.91. The van der Waals surface area contributed by atoms with E-state index in [9.17, 15) is 14.2 Å². The Morgan fingerprint density at radius 3 is 2.71 bits per heavy atom. The maximum Gasteiger partial charge on any atom is 0.469 e. The molecule has 0 aliphatic rings. The first-order valence-corrected chi connectivity index (χ1v) is 8.49. The minimum absolute atomic E-state index is 0.167. The summed E-state index contributed by atoms with van der Waals surface area (Å²) in [5, 5.41) is 2.51. The molecular weight excluding hydrogens is 337 g/mol. The quantitative estimate of drug-likeness (QED) is 0.161. The predicted molar refractivity (Wildman–Crippen MR) is 85.9 cm³/mol. The largest absolute Gasteiger partial charge is 0.469 e. The fourth-order valence-corrected chi connectivity index (χ4v) is 1.94. The third kappa shape index (κ3) is 9.05. The van der Waals surface area contributed by atoms with Crippen LogP contribution in [0.3, 0.4) is 0 Å². The van der Waals surface area contributed by atoms with Crippen LogP contribution in [0.1, 0.15) is 18.9 Å². The smallest absolute Gasteiger partial charge is 0.426 e. The molecule has 0 atom stereocenters. The first-order chi connectivity index (χ1) is 11.3.